The summed E-state index contributed by atoms with van der Waals surface area (Å²) >= 11 is 3.48. The van der Waals surface area contributed by atoms with Gasteiger partial charge in [0.15, 0.2) is 0 Å². The van der Waals surface area contributed by atoms with Crippen LogP contribution in [0.3, 0.4) is 0 Å². The lowest BCUT2D eigenvalue weighted by atomic mass is 9.98. The monoisotopic (exact) mass is 268 g/mol. The Morgan fingerprint density at radius 3 is 2.67 bits per heavy atom. The molecule has 0 aliphatic heterocycles. The maximum absolute atomic E-state index is 6.04. The number of halogens is 1. The lowest BCUT2D eigenvalue weighted by molar-refractivity contribution is 0.154. The summed E-state index contributed by atoms with van der Waals surface area (Å²) < 4.78 is 7.13. The molecule has 1 aromatic carbocycles. The molecule has 0 heterocycles. The predicted octanol–water partition coefficient (Wildman–Crippen LogP) is 4.47. The van der Waals surface area contributed by atoms with Crippen LogP contribution in [0.2, 0.25) is 0 Å². The van der Waals surface area contributed by atoms with E-state index in [4.69, 9.17) is 4.74 Å². The van der Waals surface area contributed by atoms with Crippen LogP contribution in [0, 0.1) is 6.92 Å². The van der Waals surface area contributed by atoms with E-state index in [1.165, 1.54) is 37.7 Å². The molecule has 1 aliphatic carbocycles. The second kappa shape index (κ2) is 5.02. The highest BCUT2D eigenvalue weighted by Crippen LogP contribution is 2.28. The first-order chi connectivity index (χ1) is 7.25. The number of aryl methyl sites for hydroxylation is 1. The van der Waals surface area contributed by atoms with Gasteiger partial charge in [-0.25, -0.2) is 0 Å². The summed E-state index contributed by atoms with van der Waals surface area (Å²) in [6, 6.07) is 6.23. The topological polar surface area (TPSA) is 9.23 Å². The fourth-order valence-electron chi connectivity index (χ4n) is 2.06. The molecule has 2 rings (SSSR count). The summed E-state index contributed by atoms with van der Waals surface area (Å²) in [5.74, 6) is 1.04. The van der Waals surface area contributed by atoms with Crippen LogP contribution in [0.4, 0.5) is 0 Å². The highest BCUT2D eigenvalue weighted by Gasteiger charge is 2.15. The molecule has 0 amide bonds. The van der Waals surface area contributed by atoms with E-state index in [-0.39, 0.29) is 0 Å². The molecule has 0 saturated heterocycles. The zero-order valence-electron chi connectivity index (χ0n) is 9.13. The maximum atomic E-state index is 6.04. The van der Waals surface area contributed by atoms with E-state index >= 15 is 0 Å². The van der Waals surface area contributed by atoms with Gasteiger partial charge in [-0.2, -0.15) is 0 Å². The molecule has 82 valence electrons. The normalized spacial score (nSPS) is 17.7. The number of hydrogen-bond acceptors (Lipinski definition) is 1. The maximum Gasteiger partial charge on any atom is 0.123 e. The van der Waals surface area contributed by atoms with Gasteiger partial charge in [-0.3, -0.25) is 0 Å². The van der Waals surface area contributed by atoms with Gasteiger partial charge in [0.1, 0.15) is 5.75 Å². The van der Waals surface area contributed by atoms with Crippen molar-refractivity contribution in [3.8, 4) is 5.75 Å². The molecule has 1 aliphatic rings. The molecule has 1 saturated carbocycles. The van der Waals surface area contributed by atoms with E-state index < -0.39 is 0 Å². The average molecular weight is 269 g/mol. The van der Waals surface area contributed by atoms with E-state index in [0.29, 0.717) is 6.10 Å². The van der Waals surface area contributed by atoms with Crippen LogP contribution >= 0.6 is 15.9 Å². The molecule has 0 unspecified atom stereocenters. The highest BCUT2D eigenvalue weighted by molar-refractivity contribution is 9.10. The Kier molecular flexibility index (Phi) is 3.68. The second-order valence-corrected chi connectivity index (χ2v) is 5.20. The van der Waals surface area contributed by atoms with Crippen molar-refractivity contribution in [2.24, 2.45) is 0 Å². The number of benzene rings is 1. The van der Waals surface area contributed by atoms with Crippen molar-refractivity contribution in [2.75, 3.05) is 0 Å². The molecule has 0 N–H and O–H groups in total. The summed E-state index contributed by atoms with van der Waals surface area (Å²) in [6.07, 6.45) is 6.87. The van der Waals surface area contributed by atoms with Crippen LogP contribution in [0.15, 0.2) is 22.7 Å². The lowest BCUT2D eigenvalue weighted by Gasteiger charge is -2.24. The summed E-state index contributed by atoms with van der Waals surface area (Å²) in [5, 5.41) is 0. The first kappa shape index (κ1) is 11.0. The standard InChI is InChI=1S/C13H17BrO/c1-10-7-8-11(14)9-13(10)15-12-5-3-2-4-6-12/h7-9,12H,2-6H2,1H3. The van der Waals surface area contributed by atoms with Crippen LogP contribution in [0.5, 0.6) is 5.75 Å². The van der Waals surface area contributed by atoms with Crippen LogP contribution < -0.4 is 4.74 Å². The molecule has 0 radical (unpaired) electrons. The highest BCUT2D eigenvalue weighted by atomic mass is 79.9. The second-order valence-electron chi connectivity index (χ2n) is 4.29. The van der Waals surface area contributed by atoms with Gasteiger partial charge in [0.25, 0.3) is 0 Å². The van der Waals surface area contributed by atoms with Crippen molar-refractivity contribution in [3.05, 3.63) is 28.2 Å². The smallest absolute Gasteiger partial charge is 0.123 e. The Bertz CT molecular complexity index is 329. The summed E-state index contributed by atoms with van der Waals surface area (Å²) in [5.41, 5.74) is 1.23. The molecule has 2 heteroatoms. The quantitative estimate of drug-likeness (QED) is 0.769. The number of hydrogen-bond donors (Lipinski definition) is 0. The van der Waals surface area contributed by atoms with Gasteiger partial charge in [0, 0.05) is 4.47 Å². The molecule has 0 spiro atoms. The predicted molar refractivity (Wildman–Crippen MR) is 66.4 cm³/mol. The largest absolute Gasteiger partial charge is 0.490 e. The van der Waals surface area contributed by atoms with E-state index in [0.717, 1.165) is 10.2 Å². The SMILES string of the molecule is Cc1ccc(Br)cc1OC1CCCCC1. The minimum atomic E-state index is 0.437. The molecule has 1 fully saturated rings. The van der Waals surface area contributed by atoms with Crippen LogP contribution in [0.25, 0.3) is 0 Å². The number of ether oxygens (including phenoxy) is 1. The Balaban J connectivity index is 2.05. The van der Waals surface area contributed by atoms with Crippen molar-refractivity contribution in [1.82, 2.24) is 0 Å². The third kappa shape index (κ3) is 2.97. The van der Waals surface area contributed by atoms with Crippen molar-refractivity contribution in [1.29, 1.82) is 0 Å². The van der Waals surface area contributed by atoms with Crippen LogP contribution in [0.1, 0.15) is 37.7 Å². The minimum absolute atomic E-state index is 0.437. The van der Waals surface area contributed by atoms with Gasteiger partial charge in [-0.05, 0) is 50.3 Å². The lowest BCUT2D eigenvalue weighted by Crippen LogP contribution is -2.19. The van der Waals surface area contributed by atoms with Crippen molar-refractivity contribution in [3.63, 3.8) is 0 Å². The summed E-state index contributed by atoms with van der Waals surface area (Å²) in [4.78, 5) is 0. The van der Waals surface area contributed by atoms with E-state index in [9.17, 15) is 0 Å². The first-order valence-corrected chi connectivity index (χ1v) is 6.48. The minimum Gasteiger partial charge on any atom is -0.490 e. The van der Waals surface area contributed by atoms with Gasteiger partial charge >= 0.3 is 0 Å². The average Bonchev–Trinajstić information content (AvgIpc) is 2.25. The fraction of sp³-hybridized carbons (Fsp3) is 0.538. The van der Waals surface area contributed by atoms with Crippen molar-refractivity contribution >= 4 is 15.9 Å². The summed E-state index contributed by atoms with van der Waals surface area (Å²) in [7, 11) is 0. The van der Waals surface area contributed by atoms with Crippen LogP contribution in [-0.2, 0) is 0 Å². The molecule has 0 atom stereocenters. The zero-order valence-corrected chi connectivity index (χ0v) is 10.7. The Morgan fingerprint density at radius 1 is 1.20 bits per heavy atom. The van der Waals surface area contributed by atoms with Gasteiger partial charge in [-0.15, -0.1) is 0 Å². The number of rotatable bonds is 2. The van der Waals surface area contributed by atoms with Gasteiger partial charge in [-0.1, -0.05) is 28.4 Å². The molecular formula is C13H17BrO. The summed E-state index contributed by atoms with van der Waals surface area (Å²) in [6.45, 7) is 2.10. The van der Waals surface area contributed by atoms with Crippen LogP contribution in [-0.4, -0.2) is 6.10 Å². The molecule has 0 bridgehead atoms. The molecule has 0 aromatic heterocycles. The van der Waals surface area contributed by atoms with Crippen molar-refractivity contribution in [2.45, 2.75) is 45.1 Å². The van der Waals surface area contributed by atoms with Gasteiger partial charge < -0.3 is 4.74 Å². The van der Waals surface area contributed by atoms with Gasteiger partial charge in [0.2, 0.25) is 0 Å². The Hall–Kier alpha value is -0.500. The molecule has 1 aromatic rings. The molecular weight excluding hydrogens is 252 g/mol. The Morgan fingerprint density at radius 2 is 1.93 bits per heavy atom. The molecule has 15 heavy (non-hydrogen) atoms. The van der Waals surface area contributed by atoms with Crippen molar-refractivity contribution < 1.29 is 4.74 Å². The van der Waals surface area contributed by atoms with E-state index in [1.54, 1.807) is 0 Å². The van der Waals surface area contributed by atoms with E-state index in [1.807, 2.05) is 0 Å². The third-order valence-corrected chi connectivity index (χ3v) is 3.49. The first-order valence-electron chi connectivity index (χ1n) is 5.68. The zero-order chi connectivity index (χ0) is 10.7. The Labute approximate surface area is 100.0 Å². The fourth-order valence-corrected chi connectivity index (χ4v) is 2.40. The van der Waals surface area contributed by atoms with E-state index in [2.05, 4.69) is 41.1 Å². The molecule has 1 nitrogen and oxygen atoms in total. The third-order valence-electron chi connectivity index (χ3n) is 3.00. The van der Waals surface area contributed by atoms with Gasteiger partial charge in [0.05, 0.1) is 6.10 Å².